The van der Waals surface area contributed by atoms with E-state index in [0.29, 0.717) is 6.42 Å². The predicted molar refractivity (Wildman–Crippen MR) is 80.3 cm³/mol. The molecule has 2 rings (SSSR count). The Hall–Kier alpha value is -2.10. The monoisotopic (exact) mass is 271 g/mol. The van der Waals surface area contributed by atoms with Crippen LogP contribution in [0.5, 0.6) is 0 Å². The molecule has 1 heterocycles. The Morgan fingerprint density at radius 1 is 1.20 bits per heavy atom. The fourth-order valence-electron chi connectivity index (χ4n) is 2.06. The first-order valence-corrected chi connectivity index (χ1v) is 6.96. The molecule has 0 saturated heterocycles. The summed E-state index contributed by atoms with van der Waals surface area (Å²) >= 11 is 0. The van der Waals surface area contributed by atoms with E-state index in [0.717, 1.165) is 36.2 Å². The molecule has 0 aliphatic carbocycles. The second-order valence-electron chi connectivity index (χ2n) is 5.13. The summed E-state index contributed by atoms with van der Waals surface area (Å²) in [5.74, 6) is 0.192. The predicted octanol–water partition coefficient (Wildman–Crippen LogP) is 2.88. The Balaban J connectivity index is 1.81. The van der Waals surface area contributed by atoms with E-state index in [9.17, 15) is 4.79 Å². The van der Waals surface area contributed by atoms with E-state index in [1.54, 1.807) is 19.0 Å². The minimum absolute atomic E-state index is 0.192. The second kappa shape index (κ2) is 6.89. The molecule has 2 aromatic rings. The molecule has 4 heteroatoms. The lowest BCUT2D eigenvalue weighted by Crippen LogP contribution is -2.21. The van der Waals surface area contributed by atoms with Gasteiger partial charge in [-0.15, -0.1) is 0 Å². The highest BCUT2D eigenvalue weighted by Gasteiger charge is 2.05. The van der Waals surface area contributed by atoms with Gasteiger partial charge in [0.05, 0.1) is 11.4 Å². The van der Waals surface area contributed by atoms with Crippen molar-refractivity contribution < 1.29 is 4.79 Å². The third-order valence-electron chi connectivity index (χ3n) is 3.29. The summed E-state index contributed by atoms with van der Waals surface area (Å²) in [6, 6.07) is 12.2. The lowest BCUT2D eigenvalue weighted by molar-refractivity contribution is -0.128. The summed E-state index contributed by atoms with van der Waals surface area (Å²) in [6.07, 6.45) is 3.41. The van der Waals surface area contributed by atoms with Crippen molar-refractivity contribution in [2.24, 2.45) is 0 Å². The molecule has 1 amide bonds. The van der Waals surface area contributed by atoms with Gasteiger partial charge in [0, 0.05) is 20.5 Å². The Labute approximate surface area is 119 Å². The van der Waals surface area contributed by atoms with Crippen LogP contribution in [-0.2, 0) is 11.2 Å². The molecule has 0 saturated carbocycles. The van der Waals surface area contributed by atoms with Crippen LogP contribution in [0.2, 0.25) is 0 Å². The first-order chi connectivity index (χ1) is 9.66. The third kappa shape index (κ3) is 3.95. The van der Waals surface area contributed by atoms with Crippen molar-refractivity contribution in [3.8, 4) is 11.3 Å². The minimum atomic E-state index is 0.192. The smallest absolute Gasteiger partial charge is 0.222 e. The van der Waals surface area contributed by atoms with Crippen molar-refractivity contribution in [2.75, 3.05) is 14.1 Å². The van der Waals surface area contributed by atoms with Crippen LogP contribution in [0.3, 0.4) is 0 Å². The summed E-state index contributed by atoms with van der Waals surface area (Å²) in [6.45, 7) is 0. The number of nitrogens with one attached hydrogen (secondary N) is 1. The largest absolute Gasteiger partial charge is 0.349 e. The molecular weight excluding hydrogens is 250 g/mol. The average molecular weight is 271 g/mol. The van der Waals surface area contributed by atoms with Crippen molar-refractivity contribution in [3.05, 3.63) is 42.1 Å². The van der Waals surface area contributed by atoms with E-state index in [2.05, 4.69) is 28.4 Å². The fraction of sp³-hybridized carbons (Fsp3) is 0.375. The Morgan fingerprint density at radius 3 is 2.65 bits per heavy atom. The minimum Gasteiger partial charge on any atom is -0.349 e. The van der Waals surface area contributed by atoms with Crippen LogP contribution in [0.1, 0.15) is 25.0 Å². The number of aromatic amines is 1. The summed E-state index contributed by atoms with van der Waals surface area (Å²) in [4.78, 5) is 13.1. The molecule has 1 aromatic carbocycles. The quantitative estimate of drug-likeness (QED) is 0.821. The standard InChI is InChI=1S/C16H21N3O/c1-19(2)16(20)11-7-6-10-14-12-15(18-17-14)13-8-4-3-5-9-13/h3-5,8-9,12H,6-7,10-11H2,1-2H3,(H,17,18). The first-order valence-electron chi connectivity index (χ1n) is 6.96. The zero-order valence-corrected chi connectivity index (χ0v) is 12.1. The number of unbranched alkanes of at least 4 members (excludes halogenated alkanes) is 1. The lowest BCUT2D eigenvalue weighted by atomic mass is 10.1. The van der Waals surface area contributed by atoms with Crippen LogP contribution in [0, 0.1) is 0 Å². The topological polar surface area (TPSA) is 49.0 Å². The third-order valence-corrected chi connectivity index (χ3v) is 3.29. The zero-order chi connectivity index (χ0) is 14.4. The molecular formula is C16H21N3O. The van der Waals surface area contributed by atoms with Gasteiger partial charge >= 0.3 is 0 Å². The molecule has 0 fully saturated rings. The molecule has 0 aliphatic heterocycles. The van der Waals surface area contributed by atoms with Crippen molar-refractivity contribution in [3.63, 3.8) is 0 Å². The summed E-state index contributed by atoms with van der Waals surface area (Å²) in [5.41, 5.74) is 3.25. The number of benzene rings is 1. The number of carbonyl (C=O) groups is 1. The van der Waals surface area contributed by atoms with Gasteiger partial charge in [-0.3, -0.25) is 9.89 Å². The molecule has 4 nitrogen and oxygen atoms in total. The maximum Gasteiger partial charge on any atom is 0.222 e. The SMILES string of the molecule is CN(C)C(=O)CCCCc1cc(-c2ccccc2)[nH]n1. The zero-order valence-electron chi connectivity index (χ0n) is 12.1. The normalized spacial score (nSPS) is 10.5. The van der Waals surface area contributed by atoms with Crippen LogP contribution in [-0.4, -0.2) is 35.1 Å². The van der Waals surface area contributed by atoms with Gasteiger partial charge in [-0.1, -0.05) is 30.3 Å². The van der Waals surface area contributed by atoms with Crippen molar-refractivity contribution >= 4 is 5.91 Å². The molecule has 1 aromatic heterocycles. The van der Waals surface area contributed by atoms with E-state index in [1.165, 1.54) is 0 Å². The highest BCUT2D eigenvalue weighted by Crippen LogP contribution is 2.17. The summed E-state index contributed by atoms with van der Waals surface area (Å²) in [7, 11) is 3.59. The molecule has 1 N–H and O–H groups in total. The highest BCUT2D eigenvalue weighted by molar-refractivity contribution is 5.75. The van der Waals surface area contributed by atoms with E-state index < -0.39 is 0 Å². The fourth-order valence-corrected chi connectivity index (χ4v) is 2.06. The Bertz CT molecular complexity index is 546. The van der Waals surface area contributed by atoms with E-state index in [-0.39, 0.29) is 5.91 Å². The van der Waals surface area contributed by atoms with Gasteiger partial charge in [0.1, 0.15) is 0 Å². The molecule has 0 aliphatic rings. The number of amides is 1. The van der Waals surface area contributed by atoms with Crippen molar-refractivity contribution in [2.45, 2.75) is 25.7 Å². The molecule has 20 heavy (non-hydrogen) atoms. The van der Waals surface area contributed by atoms with Crippen LogP contribution in [0.15, 0.2) is 36.4 Å². The molecule has 0 spiro atoms. The molecule has 0 bridgehead atoms. The Morgan fingerprint density at radius 2 is 1.95 bits per heavy atom. The van der Waals surface area contributed by atoms with E-state index in [4.69, 9.17) is 0 Å². The highest BCUT2D eigenvalue weighted by atomic mass is 16.2. The van der Waals surface area contributed by atoms with Crippen molar-refractivity contribution in [1.82, 2.24) is 15.1 Å². The molecule has 0 unspecified atom stereocenters. The number of H-pyrrole nitrogens is 1. The maximum absolute atomic E-state index is 11.4. The number of nitrogens with zero attached hydrogens (tertiary/aromatic N) is 2. The number of rotatable bonds is 6. The second-order valence-corrected chi connectivity index (χ2v) is 5.13. The van der Waals surface area contributed by atoms with Gasteiger partial charge in [-0.25, -0.2) is 0 Å². The van der Waals surface area contributed by atoms with Crippen molar-refractivity contribution in [1.29, 1.82) is 0 Å². The van der Waals surface area contributed by atoms with Crippen LogP contribution in [0.4, 0.5) is 0 Å². The first kappa shape index (κ1) is 14.3. The van der Waals surface area contributed by atoms with Gasteiger partial charge in [0.15, 0.2) is 0 Å². The Kier molecular flexibility index (Phi) is 4.93. The van der Waals surface area contributed by atoms with Crippen LogP contribution < -0.4 is 0 Å². The molecule has 106 valence electrons. The number of hydrogen-bond donors (Lipinski definition) is 1. The number of carbonyl (C=O) groups excluding carboxylic acids is 1. The average Bonchev–Trinajstić information content (AvgIpc) is 2.93. The number of aromatic nitrogens is 2. The van der Waals surface area contributed by atoms with Gasteiger partial charge in [-0.05, 0) is 30.9 Å². The van der Waals surface area contributed by atoms with Crippen LogP contribution in [0.25, 0.3) is 11.3 Å². The van der Waals surface area contributed by atoms with Gasteiger partial charge < -0.3 is 4.90 Å². The summed E-state index contributed by atoms with van der Waals surface area (Å²) in [5, 5.41) is 7.39. The van der Waals surface area contributed by atoms with E-state index >= 15 is 0 Å². The molecule has 0 atom stereocenters. The number of hydrogen-bond acceptors (Lipinski definition) is 2. The van der Waals surface area contributed by atoms with Gasteiger partial charge in [0.25, 0.3) is 0 Å². The maximum atomic E-state index is 11.4. The van der Waals surface area contributed by atoms with Crippen LogP contribution >= 0.6 is 0 Å². The number of aryl methyl sites for hydroxylation is 1. The van der Waals surface area contributed by atoms with Gasteiger partial charge in [0.2, 0.25) is 5.91 Å². The summed E-state index contributed by atoms with van der Waals surface area (Å²) < 4.78 is 0. The van der Waals surface area contributed by atoms with Gasteiger partial charge in [-0.2, -0.15) is 5.10 Å². The van der Waals surface area contributed by atoms with E-state index in [1.807, 2.05) is 18.2 Å². The molecule has 0 radical (unpaired) electrons. The lowest BCUT2D eigenvalue weighted by Gasteiger charge is -2.09.